The van der Waals surface area contributed by atoms with Crippen molar-refractivity contribution in [2.45, 2.75) is 25.4 Å². The van der Waals surface area contributed by atoms with Crippen LogP contribution in [0.4, 0.5) is 0 Å². The highest BCUT2D eigenvalue weighted by atomic mass is 16.5. The number of H-pyrrole nitrogens is 1. The summed E-state index contributed by atoms with van der Waals surface area (Å²) in [6.45, 7) is 0.764. The first kappa shape index (κ1) is 32.8. The van der Waals surface area contributed by atoms with Crippen LogP contribution in [0.2, 0.25) is 0 Å². The number of para-hydroxylation sites is 1. The lowest BCUT2D eigenvalue weighted by Gasteiger charge is -2.24. The standard InChI is InChI=1S/C36H37N7O6/c1-48-31-13-12-25-21-32(31)49-19-7-16-43(36(47)29-22-27(40-41-29)26-10-5-6-11-30(26)44)23-33(45)39-28(20-24-8-3-2-4-9-24)35(46)38-15-18-42-17-14-37-34(25)42/h2-6,8-14,17,21-22,28,44H,7,15-16,18-20,23H2,1H3,(H,38,46)(H,39,45)(H,40,41)/t28-/m0/s1. The third-order valence-electron chi connectivity index (χ3n) is 8.16. The molecule has 0 radical (unpaired) electrons. The van der Waals surface area contributed by atoms with Crippen LogP contribution in [0, 0.1) is 0 Å². The van der Waals surface area contributed by atoms with Gasteiger partial charge >= 0.3 is 0 Å². The first-order valence-electron chi connectivity index (χ1n) is 16.0. The van der Waals surface area contributed by atoms with Crippen LogP contribution in [0.5, 0.6) is 17.2 Å². The zero-order valence-corrected chi connectivity index (χ0v) is 27.0. The second-order valence-corrected chi connectivity index (χ2v) is 11.5. The molecule has 1 aliphatic heterocycles. The fourth-order valence-electron chi connectivity index (χ4n) is 5.69. The van der Waals surface area contributed by atoms with Crippen LogP contribution in [0.15, 0.2) is 91.3 Å². The SMILES string of the molecule is COc1ccc2cc1OCCCN(C(=O)c1cc(-c3ccccc3O)n[nH]1)CC(=O)N[C@@H](Cc1ccccc1)C(=O)NCCn1ccnc1-2. The Morgan fingerprint density at radius 2 is 1.86 bits per heavy atom. The molecule has 3 heterocycles. The summed E-state index contributed by atoms with van der Waals surface area (Å²) in [6, 6.07) is 22.3. The summed E-state index contributed by atoms with van der Waals surface area (Å²) in [7, 11) is 1.56. The van der Waals surface area contributed by atoms with Crippen molar-refractivity contribution in [3.63, 3.8) is 0 Å². The Balaban J connectivity index is 1.28. The van der Waals surface area contributed by atoms with Crippen molar-refractivity contribution < 1.29 is 29.0 Å². The zero-order valence-electron chi connectivity index (χ0n) is 27.0. The first-order chi connectivity index (χ1) is 23.9. The molecule has 49 heavy (non-hydrogen) atoms. The van der Waals surface area contributed by atoms with E-state index < -0.39 is 17.9 Å². The number of nitrogens with zero attached hydrogens (tertiary/aromatic N) is 4. The lowest BCUT2D eigenvalue weighted by atomic mass is 10.1. The molecule has 0 saturated carbocycles. The summed E-state index contributed by atoms with van der Waals surface area (Å²) in [5.74, 6) is 0.425. The van der Waals surface area contributed by atoms with Crippen LogP contribution in [-0.2, 0) is 22.6 Å². The number of aromatic hydroxyl groups is 1. The summed E-state index contributed by atoms with van der Waals surface area (Å²) in [6.07, 6.45) is 4.16. The number of fused-ring (bicyclic) bond motifs is 4. The molecule has 1 atom stereocenters. The number of hydrogen-bond donors (Lipinski definition) is 4. The van der Waals surface area contributed by atoms with Crippen molar-refractivity contribution in [2.75, 3.05) is 33.4 Å². The van der Waals surface area contributed by atoms with E-state index in [4.69, 9.17) is 9.47 Å². The maximum absolute atomic E-state index is 13.8. The molecule has 6 rings (SSSR count). The molecule has 0 saturated heterocycles. The van der Waals surface area contributed by atoms with Crippen molar-refractivity contribution in [3.05, 3.63) is 103 Å². The quantitative estimate of drug-likeness (QED) is 0.222. The fourth-order valence-corrected chi connectivity index (χ4v) is 5.69. The highest BCUT2D eigenvalue weighted by Crippen LogP contribution is 2.32. The number of imidazole rings is 1. The molecule has 3 amide bonds. The lowest BCUT2D eigenvalue weighted by Crippen LogP contribution is -2.51. The second kappa shape index (κ2) is 15.2. The van der Waals surface area contributed by atoms with Gasteiger partial charge in [-0.3, -0.25) is 19.5 Å². The number of aromatic nitrogens is 4. The zero-order chi connectivity index (χ0) is 34.2. The Morgan fingerprint density at radius 3 is 2.67 bits per heavy atom. The highest BCUT2D eigenvalue weighted by molar-refractivity contribution is 5.96. The number of ether oxygens (including phenoxy) is 2. The van der Waals surface area contributed by atoms with E-state index in [9.17, 15) is 19.5 Å². The van der Waals surface area contributed by atoms with Crippen LogP contribution in [0.3, 0.4) is 0 Å². The van der Waals surface area contributed by atoms with E-state index in [1.807, 2.05) is 53.2 Å². The van der Waals surface area contributed by atoms with E-state index in [2.05, 4.69) is 25.8 Å². The van der Waals surface area contributed by atoms with E-state index in [-0.39, 0.29) is 50.0 Å². The average Bonchev–Trinajstić information content (AvgIpc) is 3.80. The molecule has 0 spiro atoms. The minimum Gasteiger partial charge on any atom is -0.507 e. The number of benzene rings is 3. The van der Waals surface area contributed by atoms with Crippen LogP contribution >= 0.6 is 0 Å². The van der Waals surface area contributed by atoms with Gasteiger partial charge in [0.2, 0.25) is 11.8 Å². The number of nitrogens with one attached hydrogen (secondary N) is 3. The summed E-state index contributed by atoms with van der Waals surface area (Å²) >= 11 is 0. The molecule has 1 aliphatic rings. The van der Waals surface area contributed by atoms with Gasteiger partial charge in [-0.15, -0.1) is 0 Å². The minimum atomic E-state index is -0.889. The molecule has 0 unspecified atom stereocenters. The van der Waals surface area contributed by atoms with Gasteiger partial charge in [-0.25, -0.2) is 4.98 Å². The molecule has 3 aromatic carbocycles. The van der Waals surface area contributed by atoms with Gasteiger partial charge in [0.25, 0.3) is 5.91 Å². The van der Waals surface area contributed by atoms with E-state index in [1.165, 1.54) is 17.0 Å². The number of amides is 3. The molecule has 252 valence electrons. The van der Waals surface area contributed by atoms with Gasteiger partial charge < -0.3 is 34.7 Å². The Kier molecular flexibility index (Phi) is 10.2. The topological polar surface area (TPSA) is 164 Å². The largest absolute Gasteiger partial charge is 0.507 e. The molecule has 0 fully saturated rings. The van der Waals surface area contributed by atoms with Crippen LogP contribution in [-0.4, -0.2) is 86.9 Å². The van der Waals surface area contributed by atoms with E-state index in [1.54, 1.807) is 37.6 Å². The van der Waals surface area contributed by atoms with Crippen molar-refractivity contribution in [3.8, 4) is 39.9 Å². The maximum atomic E-state index is 13.8. The predicted molar refractivity (Wildman–Crippen MR) is 181 cm³/mol. The van der Waals surface area contributed by atoms with Crippen molar-refractivity contribution in [2.24, 2.45) is 0 Å². The predicted octanol–water partition coefficient (Wildman–Crippen LogP) is 3.42. The van der Waals surface area contributed by atoms with Gasteiger partial charge in [0, 0.05) is 49.6 Å². The number of carbonyl (C=O) groups is 3. The van der Waals surface area contributed by atoms with Crippen molar-refractivity contribution in [1.29, 1.82) is 0 Å². The number of hydrogen-bond acceptors (Lipinski definition) is 8. The molecular formula is C36H37N7O6. The Hall–Kier alpha value is -6.11. The van der Waals surface area contributed by atoms with Crippen molar-refractivity contribution >= 4 is 17.7 Å². The number of rotatable bonds is 5. The van der Waals surface area contributed by atoms with Crippen LogP contribution < -0.4 is 20.1 Å². The van der Waals surface area contributed by atoms with Gasteiger partial charge in [0.1, 0.15) is 23.3 Å². The normalized spacial score (nSPS) is 15.9. The molecule has 0 aliphatic carbocycles. The molecule has 4 N–H and O–H groups in total. The summed E-state index contributed by atoms with van der Waals surface area (Å²) in [5.41, 5.74) is 2.65. The Labute approximate surface area is 282 Å². The molecule has 2 bridgehead atoms. The summed E-state index contributed by atoms with van der Waals surface area (Å²) in [5, 5.41) is 23.1. The number of aromatic amines is 1. The first-order valence-corrected chi connectivity index (χ1v) is 16.0. The molecule has 5 aromatic rings. The number of phenols is 1. The van der Waals surface area contributed by atoms with Gasteiger partial charge in [-0.2, -0.15) is 5.10 Å². The average molecular weight is 664 g/mol. The molecule has 2 aromatic heterocycles. The third kappa shape index (κ3) is 7.89. The molecule has 13 nitrogen and oxygen atoms in total. The third-order valence-corrected chi connectivity index (χ3v) is 8.16. The van der Waals surface area contributed by atoms with E-state index in [0.29, 0.717) is 41.5 Å². The fraction of sp³-hybridized carbons (Fsp3) is 0.250. The Morgan fingerprint density at radius 1 is 1.04 bits per heavy atom. The second-order valence-electron chi connectivity index (χ2n) is 11.5. The number of methoxy groups -OCH3 is 1. The van der Waals surface area contributed by atoms with E-state index in [0.717, 1.165) is 11.1 Å². The smallest absolute Gasteiger partial charge is 0.272 e. The molecular weight excluding hydrogens is 626 g/mol. The number of carbonyl (C=O) groups excluding carboxylic acids is 3. The van der Waals surface area contributed by atoms with Crippen LogP contribution in [0.25, 0.3) is 22.6 Å². The molecule has 13 heteroatoms. The highest BCUT2D eigenvalue weighted by Gasteiger charge is 2.26. The monoisotopic (exact) mass is 663 g/mol. The van der Waals surface area contributed by atoms with Crippen molar-refractivity contribution in [1.82, 2.24) is 35.3 Å². The van der Waals surface area contributed by atoms with Gasteiger partial charge in [0.05, 0.1) is 26.0 Å². The van der Waals surface area contributed by atoms with Gasteiger partial charge in [0.15, 0.2) is 11.5 Å². The maximum Gasteiger partial charge on any atom is 0.272 e. The summed E-state index contributed by atoms with van der Waals surface area (Å²) < 4.78 is 13.6. The van der Waals surface area contributed by atoms with E-state index >= 15 is 0 Å². The number of phenolic OH excluding ortho intramolecular Hbond substituents is 1. The van der Waals surface area contributed by atoms with Crippen LogP contribution in [0.1, 0.15) is 22.5 Å². The summed E-state index contributed by atoms with van der Waals surface area (Å²) in [4.78, 5) is 46.8. The van der Waals surface area contributed by atoms with Gasteiger partial charge in [-0.1, -0.05) is 42.5 Å². The minimum absolute atomic E-state index is 0.0206. The van der Waals surface area contributed by atoms with Gasteiger partial charge in [-0.05, 0) is 48.4 Å². The lowest BCUT2D eigenvalue weighted by molar-refractivity contribution is -0.129. The Bertz CT molecular complexity index is 1920.